The van der Waals surface area contributed by atoms with E-state index in [1.54, 1.807) is 0 Å². The number of nitrogens with zero attached hydrogens (tertiary/aromatic N) is 1. The minimum absolute atomic E-state index is 0.0365. The lowest BCUT2D eigenvalue weighted by Gasteiger charge is -2.19. The van der Waals surface area contributed by atoms with Crippen LogP contribution in [0.15, 0.2) is 24.3 Å². The minimum Gasteiger partial charge on any atom is -0.341 e. The van der Waals surface area contributed by atoms with Crippen LogP contribution in [0.3, 0.4) is 0 Å². The monoisotopic (exact) mass is 333 g/mol. The van der Waals surface area contributed by atoms with Crippen LogP contribution in [-0.4, -0.2) is 36.0 Å². The molecule has 1 aromatic rings. The van der Waals surface area contributed by atoms with Crippen LogP contribution in [0, 0.1) is 17.7 Å². The van der Waals surface area contributed by atoms with Gasteiger partial charge in [-0.1, -0.05) is 6.92 Å². The summed E-state index contributed by atoms with van der Waals surface area (Å²) in [6.07, 6.45) is 3.88. The number of halogens is 1. The molecule has 0 bridgehead atoms. The van der Waals surface area contributed by atoms with Crippen molar-refractivity contribution in [3.63, 3.8) is 0 Å². The Bertz CT molecular complexity index is 601. The molecule has 1 aliphatic heterocycles. The Morgan fingerprint density at radius 2 is 1.96 bits per heavy atom. The number of benzene rings is 1. The Balaban J connectivity index is 1.42. The molecule has 130 valence electrons. The summed E-state index contributed by atoms with van der Waals surface area (Å²) in [6, 6.07) is 5.26. The lowest BCUT2D eigenvalue weighted by atomic mass is 10.0. The van der Waals surface area contributed by atoms with Crippen LogP contribution < -0.4 is 10.6 Å². The number of rotatable bonds is 5. The molecule has 3 rings (SSSR count). The number of amides is 3. The molecule has 1 saturated heterocycles. The number of hydrogen-bond acceptors (Lipinski definition) is 2. The fourth-order valence-electron chi connectivity index (χ4n) is 3.23. The van der Waals surface area contributed by atoms with Crippen molar-refractivity contribution < 1.29 is 14.0 Å². The molecule has 0 aromatic heterocycles. The van der Waals surface area contributed by atoms with Gasteiger partial charge in [-0.25, -0.2) is 9.18 Å². The third kappa shape index (κ3) is 4.46. The van der Waals surface area contributed by atoms with Gasteiger partial charge in [0.05, 0.1) is 0 Å². The van der Waals surface area contributed by atoms with Crippen molar-refractivity contribution in [2.75, 3.05) is 18.4 Å². The highest BCUT2D eigenvalue weighted by Gasteiger charge is 2.32. The molecule has 3 amide bonds. The average molecular weight is 333 g/mol. The summed E-state index contributed by atoms with van der Waals surface area (Å²) < 4.78 is 12.8. The molecule has 24 heavy (non-hydrogen) atoms. The molecular formula is C18H24FN3O2. The van der Waals surface area contributed by atoms with Gasteiger partial charge >= 0.3 is 6.03 Å². The third-order valence-corrected chi connectivity index (χ3v) is 4.90. The summed E-state index contributed by atoms with van der Waals surface area (Å²) in [5.41, 5.74) is 0.540. The maximum Gasteiger partial charge on any atom is 0.319 e. The van der Waals surface area contributed by atoms with Crippen LogP contribution in [0.4, 0.5) is 14.9 Å². The van der Waals surface area contributed by atoms with Gasteiger partial charge in [0.2, 0.25) is 5.91 Å². The predicted octanol–water partition coefficient (Wildman–Crippen LogP) is 2.98. The van der Waals surface area contributed by atoms with Crippen LogP contribution in [0.2, 0.25) is 0 Å². The maximum absolute atomic E-state index is 12.8. The smallest absolute Gasteiger partial charge is 0.319 e. The Hall–Kier alpha value is -2.11. The van der Waals surface area contributed by atoms with Crippen molar-refractivity contribution in [3.05, 3.63) is 30.1 Å². The molecule has 0 spiro atoms. The van der Waals surface area contributed by atoms with E-state index in [9.17, 15) is 14.0 Å². The molecule has 6 heteroatoms. The van der Waals surface area contributed by atoms with E-state index in [-0.39, 0.29) is 23.8 Å². The van der Waals surface area contributed by atoms with Crippen molar-refractivity contribution in [1.29, 1.82) is 0 Å². The van der Waals surface area contributed by atoms with Crippen molar-refractivity contribution in [1.82, 2.24) is 10.2 Å². The van der Waals surface area contributed by atoms with Gasteiger partial charge in [0.25, 0.3) is 0 Å². The first-order valence-corrected chi connectivity index (χ1v) is 8.62. The van der Waals surface area contributed by atoms with Crippen LogP contribution in [-0.2, 0) is 4.79 Å². The zero-order chi connectivity index (χ0) is 17.1. The number of carbonyl (C=O) groups is 2. The van der Waals surface area contributed by atoms with E-state index in [4.69, 9.17) is 0 Å². The van der Waals surface area contributed by atoms with Gasteiger partial charge in [0.1, 0.15) is 5.82 Å². The number of likely N-dealkylation sites (tertiary alicyclic amines) is 1. The molecule has 1 heterocycles. The second kappa shape index (κ2) is 7.20. The number of nitrogens with one attached hydrogen (secondary N) is 2. The Kier molecular flexibility index (Phi) is 5.02. The van der Waals surface area contributed by atoms with E-state index >= 15 is 0 Å². The molecular weight excluding hydrogens is 309 g/mol. The predicted molar refractivity (Wildman–Crippen MR) is 90.0 cm³/mol. The quantitative estimate of drug-likeness (QED) is 0.870. The fraction of sp³-hybridized carbons (Fsp3) is 0.556. The van der Waals surface area contributed by atoms with Crippen molar-refractivity contribution in [3.8, 4) is 0 Å². The van der Waals surface area contributed by atoms with E-state index in [2.05, 4.69) is 17.6 Å². The molecule has 2 atom stereocenters. The van der Waals surface area contributed by atoms with E-state index in [1.165, 1.54) is 37.1 Å². The second-order valence-corrected chi connectivity index (χ2v) is 6.95. The topological polar surface area (TPSA) is 61.4 Å². The second-order valence-electron chi connectivity index (χ2n) is 6.95. The Morgan fingerprint density at radius 1 is 1.25 bits per heavy atom. The van der Waals surface area contributed by atoms with Crippen LogP contribution in [0.25, 0.3) is 0 Å². The molecule has 2 fully saturated rings. The Morgan fingerprint density at radius 3 is 2.62 bits per heavy atom. The summed E-state index contributed by atoms with van der Waals surface area (Å²) >= 11 is 0. The number of anilines is 1. The first-order chi connectivity index (χ1) is 11.5. The highest BCUT2D eigenvalue weighted by Crippen LogP contribution is 2.38. The number of urea groups is 1. The van der Waals surface area contributed by atoms with Gasteiger partial charge in [-0.05, 0) is 55.4 Å². The largest absolute Gasteiger partial charge is 0.341 e. The van der Waals surface area contributed by atoms with Gasteiger partial charge in [-0.15, -0.1) is 0 Å². The zero-order valence-corrected chi connectivity index (χ0v) is 13.9. The van der Waals surface area contributed by atoms with Gasteiger partial charge in [0, 0.05) is 31.2 Å². The lowest BCUT2D eigenvalue weighted by molar-refractivity contribution is -0.131. The van der Waals surface area contributed by atoms with Crippen molar-refractivity contribution in [2.24, 2.45) is 11.8 Å². The van der Waals surface area contributed by atoms with E-state index < -0.39 is 0 Å². The summed E-state index contributed by atoms with van der Waals surface area (Å²) in [5, 5.41) is 5.55. The van der Waals surface area contributed by atoms with Crippen LogP contribution >= 0.6 is 0 Å². The van der Waals surface area contributed by atoms with Crippen LogP contribution in [0.5, 0.6) is 0 Å². The van der Waals surface area contributed by atoms with Gasteiger partial charge in [-0.3, -0.25) is 4.79 Å². The van der Waals surface area contributed by atoms with E-state index in [1.807, 2.05) is 4.90 Å². The normalized spacial score (nSPS) is 21.4. The van der Waals surface area contributed by atoms with Gasteiger partial charge in [-0.2, -0.15) is 0 Å². The molecule has 2 N–H and O–H groups in total. The molecule has 1 saturated carbocycles. The van der Waals surface area contributed by atoms with Crippen LogP contribution in [0.1, 0.15) is 32.6 Å². The van der Waals surface area contributed by atoms with Gasteiger partial charge in [0.15, 0.2) is 0 Å². The lowest BCUT2D eigenvalue weighted by Crippen LogP contribution is -2.40. The minimum atomic E-state index is -0.341. The molecule has 1 aliphatic carbocycles. The zero-order valence-electron chi connectivity index (χ0n) is 13.9. The molecule has 5 nitrogen and oxygen atoms in total. The summed E-state index contributed by atoms with van der Waals surface area (Å²) in [4.78, 5) is 26.1. The molecule has 1 aromatic carbocycles. The number of carbonyl (C=O) groups excluding carboxylic acids is 2. The number of hydrogen-bond donors (Lipinski definition) is 2. The Labute approximate surface area is 141 Å². The first kappa shape index (κ1) is 16.7. The fourth-order valence-corrected chi connectivity index (χ4v) is 3.23. The summed E-state index contributed by atoms with van der Waals surface area (Å²) in [7, 11) is 0. The maximum atomic E-state index is 12.8. The highest BCUT2D eigenvalue weighted by molar-refractivity contribution is 5.89. The van der Waals surface area contributed by atoms with Crippen molar-refractivity contribution >= 4 is 17.6 Å². The SMILES string of the molecule is C[C@H](CC(=O)N1CC[C@H](NC(=O)Nc2ccc(F)cc2)C1)C1CC1. The van der Waals surface area contributed by atoms with Crippen molar-refractivity contribution in [2.45, 2.75) is 38.6 Å². The third-order valence-electron chi connectivity index (χ3n) is 4.90. The standard InChI is InChI=1S/C18H24FN3O2/c1-12(13-2-3-13)10-17(23)22-9-8-16(11-22)21-18(24)20-15-6-4-14(19)5-7-15/h4-7,12-13,16H,2-3,8-11H2,1H3,(H2,20,21,24)/t12-,16+/m1/s1. The summed E-state index contributed by atoms with van der Waals surface area (Å²) in [5.74, 6) is 1.04. The molecule has 0 radical (unpaired) electrons. The van der Waals surface area contributed by atoms with E-state index in [0.29, 0.717) is 31.1 Å². The highest BCUT2D eigenvalue weighted by atomic mass is 19.1. The average Bonchev–Trinajstić information content (AvgIpc) is 3.30. The first-order valence-electron chi connectivity index (χ1n) is 8.62. The van der Waals surface area contributed by atoms with E-state index in [0.717, 1.165) is 12.3 Å². The summed E-state index contributed by atoms with van der Waals surface area (Å²) in [6.45, 7) is 3.41. The van der Waals surface area contributed by atoms with Gasteiger partial charge < -0.3 is 15.5 Å². The molecule has 0 unspecified atom stereocenters. The molecule has 2 aliphatic rings.